The van der Waals surface area contributed by atoms with E-state index in [1.165, 1.54) is 0 Å². The van der Waals surface area contributed by atoms with Crippen LogP contribution in [0.3, 0.4) is 0 Å². The van der Waals surface area contributed by atoms with Crippen molar-refractivity contribution in [3.05, 3.63) is 0 Å². The molecule has 0 saturated carbocycles. The molecule has 1 heterocycles. The Hall–Kier alpha value is -0.650. The third-order valence-corrected chi connectivity index (χ3v) is 2.08. The number of carbonyl (C=O) groups is 1. The minimum Gasteiger partial charge on any atom is -0.480 e. The molecule has 5 nitrogen and oxygen atoms in total. The van der Waals surface area contributed by atoms with E-state index in [0.717, 1.165) is 0 Å². The zero-order valence-electron chi connectivity index (χ0n) is 6.81. The summed E-state index contributed by atoms with van der Waals surface area (Å²) in [4.78, 5) is 12.0. The zero-order valence-corrected chi connectivity index (χ0v) is 6.81. The van der Waals surface area contributed by atoms with Crippen LogP contribution in [0.4, 0.5) is 0 Å². The zero-order chi connectivity index (χ0) is 9.14. The summed E-state index contributed by atoms with van der Waals surface area (Å²) in [7, 11) is 0. The lowest BCUT2D eigenvalue weighted by Crippen LogP contribution is -2.51. The molecule has 0 aromatic carbocycles. The Labute approximate surface area is 70.8 Å². The third kappa shape index (κ3) is 2.44. The van der Waals surface area contributed by atoms with Gasteiger partial charge in [-0.2, -0.15) is 0 Å². The molecule has 1 aliphatic rings. The van der Waals surface area contributed by atoms with Gasteiger partial charge in [-0.25, -0.2) is 0 Å². The minimum atomic E-state index is -0.863. The lowest BCUT2D eigenvalue weighted by Gasteiger charge is -2.32. The normalized spacial score (nSPS) is 31.8. The van der Waals surface area contributed by atoms with E-state index >= 15 is 0 Å². The number of piperidine rings is 1. The minimum absolute atomic E-state index is 0.0101. The average molecular weight is 174 g/mol. The van der Waals surface area contributed by atoms with E-state index in [2.05, 4.69) is 0 Å². The van der Waals surface area contributed by atoms with Crippen LogP contribution in [0.2, 0.25) is 0 Å². The van der Waals surface area contributed by atoms with Gasteiger partial charge in [-0.3, -0.25) is 9.69 Å². The van der Waals surface area contributed by atoms with Crippen LogP contribution in [0.15, 0.2) is 0 Å². The summed E-state index contributed by atoms with van der Waals surface area (Å²) in [5, 5.41) is 17.8. The molecule has 0 aliphatic carbocycles. The van der Waals surface area contributed by atoms with Crippen molar-refractivity contribution in [1.29, 1.82) is 0 Å². The molecule has 1 rings (SSSR count). The molecule has 0 aromatic rings. The number of hydrogen-bond acceptors (Lipinski definition) is 4. The number of carboxylic acids is 1. The summed E-state index contributed by atoms with van der Waals surface area (Å²) < 4.78 is 0. The van der Waals surface area contributed by atoms with Gasteiger partial charge in [-0.05, 0) is 6.42 Å². The van der Waals surface area contributed by atoms with Crippen LogP contribution < -0.4 is 5.73 Å². The van der Waals surface area contributed by atoms with E-state index in [1.54, 1.807) is 4.90 Å². The molecule has 0 bridgehead atoms. The first-order chi connectivity index (χ1) is 5.59. The fourth-order valence-electron chi connectivity index (χ4n) is 1.35. The smallest absolute Gasteiger partial charge is 0.317 e. The number of aliphatic carboxylic acids is 1. The van der Waals surface area contributed by atoms with Crippen LogP contribution in [-0.2, 0) is 4.79 Å². The molecule has 0 radical (unpaired) electrons. The van der Waals surface area contributed by atoms with Gasteiger partial charge in [0.25, 0.3) is 0 Å². The molecule has 0 unspecified atom stereocenters. The lowest BCUT2D eigenvalue weighted by molar-refractivity contribution is -0.139. The lowest BCUT2D eigenvalue weighted by atomic mass is 10.0. The molecule has 1 fully saturated rings. The van der Waals surface area contributed by atoms with Crippen molar-refractivity contribution in [3.63, 3.8) is 0 Å². The average Bonchev–Trinajstić information content (AvgIpc) is 1.96. The van der Waals surface area contributed by atoms with Crippen molar-refractivity contribution < 1.29 is 15.0 Å². The number of β-amino-alcohol motifs (C(OH)–C–C–N with tert-alkyl or cyclic N) is 1. The van der Waals surface area contributed by atoms with Crippen LogP contribution in [0.5, 0.6) is 0 Å². The topological polar surface area (TPSA) is 86.8 Å². The molecular weight excluding hydrogens is 160 g/mol. The summed E-state index contributed by atoms with van der Waals surface area (Å²) >= 11 is 0. The highest BCUT2D eigenvalue weighted by Gasteiger charge is 2.25. The van der Waals surface area contributed by atoms with E-state index in [-0.39, 0.29) is 12.6 Å². The molecule has 0 spiro atoms. The Kier molecular flexibility index (Phi) is 3.02. The number of aliphatic hydroxyl groups excluding tert-OH is 1. The van der Waals surface area contributed by atoms with E-state index in [4.69, 9.17) is 10.8 Å². The summed E-state index contributed by atoms with van der Waals surface area (Å²) in [6.07, 6.45) is 0.0761. The van der Waals surface area contributed by atoms with E-state index in [1.807, 2.05) is 0 Å². The van der Waals surface area contributed by atoms with E-state index < -0.39 is 12.1 Å². The SMILES string of the molecule is N[C@@H]1CCN(CC(=O)O)C[C@@H]1O. The van der Waals surface area contributed by atoms with Crippen molar-refractivity contribution in [1.82, 2.24) is 4.90 Å². The predicted molar refractivity (Wildman–Crippen MR) is 42.7 cm³/mol. The van der Waals surface area contributed by atoms with E-state index in [9.17, 15) is 9.90 Å². The summed E-state index contributed by atoms with van der Waals surface area (Å²) in [5.41, 5.74) is 5.55. The van der Waals surface area contributed by atoms with Crippen LogP contribution in [0, 0.1) is 0 Å². The predicted octanol–water partition coefficient (Wildman–Crippen LogP) is -1.54. The van der Waals surface area contributed by atoms with Crippen LogP contribution in [0.25, 0.3) is 0 Å². The number of likely N-dealkylation sites (tertiary alicyclic amines) is 1. The van der Waals surface area contributed by atoms with Gasteiger partial charge in [0, 0.05) is 19.1 Å². The molecule has 5 heteroatoms. The monoisotopic (exact) mass is 174 g/mol. The van der Waals surface area contributed by atoms with Crippen LogP contribution in [-0.4, -0.2) is 52.9 Å². The maximum atomic E-state index is 10.3. The fraction of sp³-hybridized carbons (Fsp3) is 0.857. The van der Waals surface area contributed by atoms with Crippen molar-refractivity contribution >= 4 is 5.97 Å². The first kappa shape index (κ1) is 9.44. The highest BCUT2D eigenvalue weighted by molar-refractivity contribution is 5.69. The molecule has 12 heavy (non-hydrogen) atoms. The molecule has 1 saturated heterocycles. The van der Waals surface area contributed by atoms with Crippen molar-refractivity contribution in [2.45, 2.75) is 18.6 Å². The number of carboxylic acid groups (broad SMARTS) is 1. The maximum Gasteiger partial charge on any atom is 0.317 e. The van der Waals surface area contributed by atoms with Gasteiger partial charge in [0.1, 0.15) is 0 Å². The first-order valence-corrected chi connectivity index (χ1v) is 3.97. The highest BCUT2D eigenvalue weighted by Crippen LogP contribution is 2.08. The van der Waals surface area contributed by atoms with Gasteiger partial charge in [0.05, 0.1) is 12.6 Å². The molecule has 4 N–H and O–H groups in total. The van der Waals surface area contributed by atoms with Gasteiger partial charge in [0.2, 0.25) is 0 Å². The van der Waals surface area contributed by atoms with Gasteiger partial charge in [-0.15, -0.1) is 0 Å². The van der Waals surface area contributed by atoms with Crippen molar-refractivity contribution in [2.24, 2.45) is 5.73 Å². The second kappa shape index (κ2) is 3.84. The van der Waals surface area contributed by atoms with Gasteiger partial charge < -0.3 is 15.9 Å². The maximum absolute atomic E-state index is 10.3. The van der Waals surface area contributed by atoms with Gasteiger partial charge in [-0.1, -0.05) is 0 Å². The molecule has 0 amide bonds. The quantitative estimate of drug-likeness (QED) is 0.472. The Balaban J connectivity index is 2.35. The van der Waals surface area contributed by atoms with E-state index in [0.29, 0.717) is 19.5 Å². The second-order valence-corrected chi connectivity index (χ2v) is 3.15. The van der Waals surface area contributed by atoms with Crippen molar-refractivity contribution in [3.8, 4) is 0 Å². The third-order valence-electron chi connectivity index (χ3n) is 2.08. The number of hydrogen-bond donors (Lipinski definition) is 3. The Bertz CT molecular complexity index is 174. The second-order valence-electron chi connectivity index (χ2n) is 3.15. The summed E-state index contributed by atoms with van der Waals surface area (Å²) in [5.74, 6) is -0.863. The van der Waals surface area contributed by atoms with Gasteiger partial charge in [0.15, 0.2) is 0 Å². The Morgan fingerprint density at radius 1 is 1.67 bits per heavy atom. The van der Waals surface area contributed by atoms with Gasteiger partial charge >= 0.3 is 5.97 Å². The molecule has 0 aromatic heterocycles. The number of rotatable bonds is 2. The summed E-state index contributed by atoms with van der Waals surface area (Å²) in [6.45, 7) is 1.02. The first-order valence-electron chi connectivity index (χ1n) is 3.97. The Morgan fingerprint density at radius 3 is 2.83 bits per heavy atom. The molecular formula is C7H14N2O3. The number of nitrogens with two attached hydrogens (primary N) is 1. The molecule has 2 atom stereocenters. The molecule has 1 aliphatic heterocycles. The number of aliphatic hydroxyl groups is 1. The number of nitrogens with zero attached hydrogens (tertiary/aromatic N) is 1. The Morgan fingerprint density at radius 2 is 2.33 bits per heavy atom. The van der Waals surface area contributed by atoms with Crippen molar-refractivity contribution in [2.75, 3.05) is 19.6 Å². The summed E-state index contributed by atoms with van der Waals surface area (Å²) in [6, 6.07) is -0.199. The van der Waals surface area contributed by atoms with Crippen LogP contribution in [0.1, 0.15) is 6.42 Å². The molecule has 70 valence electrons. The largest absolute Gasteiger partial charge is 0.480 e. The standard InChI is InChI=1S/C7H14N2O3/c8-5-1-2-9(3-6(5)10)4-7(11)12/h5-6,10H,1-4,8H2,(H,11,12)/t5-,6+/m1/s1. The van der Waals surface area contributed by atoms with Crippen LogP contribution >= 0.6 is 0 Å². The highest BCUT2D eigenvalue weighted by atomic mass is 16.4. The fourth-order valence-corrected chi connectivity index (χ4v) is 1.35.